The van der Waals surface area contributed by atoms with Gasteiger partial charge in [-0.3, -0.25) is 4.99 Å². The number of benzene rings is 2. The van der Waals surface area contributed by atoms with Crippen LogP contribution in [0, 0.1) is 0 Å². The van der Waals surface area contributed by atoms with E-state index in [4.69, 9.17) is 0 Å². The SMILES string of the molecule is CN(C)C1=CC=CC1c1ccccc1C=Nc1ccccc1. The van der Waals surface area contributed by atoms with Crippen molar-refractivity contribution in [2.24, 2.45) is 4.99 Å². The molecule has 0 aromatic heterocycles. The van der Waals surface area contributed by atoms with Crippen molar-refractivity contribution in [3.8, 4) is 0 Å². The van der Waals surface area contributed by atoms with E-state index in [-0.39, 0.29) is 0 Å². The lowest BCUT2D eigenvalue weighted by Crippen LogP contribution is -2.16. The third-order valence-electron chi connectivity index (χ3n) is 3.85. The normalized spacial score (nSPS) is 17.0. The summed E-state index contributed by atoms with van der Waals surface area (Å²) < 4.78 is 0. The molecule has 0 amide bonds. The van der Waals surface area contributed by atoms with Crippen LogP contribution in [0.4, 0.5) is 5.69 Å². The number of hydrogen-bond donors (Lipinski definition) is 0. The Kier molecular flexibility index (Phi) is 4.19. The lowest BCUT2D eigenvalue weighted by atomic mass is 9.93. The van der Waals surface area contributed by atoms with Gasteiger partial charge in [-0.2, -0.15) is 0 Å². The van der Waals surface area contributed by atoms with Crippen LogP contribution in [0.1, 0.15) is 17.0 Å². The van der Waals surface area contributed by atoms with Crippen molar-refractivity contribution in [1.29, 1.82) is 0 Å². The third kappa shape index (κ3) is 3.01. The van der Waals surface area contributed by atoms with Crippen molar-refractivity contribution < 1.29 is 0 Å². The predicted octanol–water partition coefficient (Wildman–Crippen LogP) is 4.54. The minimum Gasteiger partial charge on any atom is -0.380 e. The second-order valence-corrected chi connectivity index (χ2v) is 5.57. The summed E-state index contributed by atoms with van der Waals surface area (Å²) in [5.41, 5.74) is 4.73. The standard InChI is InChI=1S/C20H20N2/c1-22(2)20-14-8-13-19(20)18-12-7-6-9-16(18)15-21-17-10-4-3-5-11-17/h3-15,19H,1-2H3. The molecule has 1 aliphatic rings. The Bertz CT molecular complexity index is 724. The summed E-state index contributed by atoms with van der Waals surface area (Å²) in [5.74, 6) is 0.299. The van der Waals surface area contributed by atoms with Gasteiger partial charge in [-0.05, 0) is 29.3 Å². The highest BCUT2D eigenvalue weighted by Crippen LogP contribution is 2.33. The van der Waals surface area contributed by atoms with Gasteiger partial charge in [-0.15, -0.1) is 0 Å². The van der Waals surface area contributed by atoms with Gasteiger partial charge in [0.15, 0.2) is 0 Å². The molecule has 0 aliphatic heterocycles. The molecule has 0 radical (unpaired) electrons. The van der Waals surface area contributed by atoms with E-state index < -0.39 is 0 Å². The van der Waals surface area contributed by atoms with E-state index in [1.165, 1.54) is 11.3 Å². The highest BCUT2D eigenvalue weighted by atomic mass is 15.1. The fraction of sp³-hybridized carbons (Fsp3) is 0.150. The minimum atomic E-state index is 0.299. The lowest BCUT2D eigenvalue weighted by molar-refractivity contribution is 0.487. The smallest absolute Gasteiger partial charge is 0.0629 e. The quantitative estimate of drug-likeness (QED) is 0.754. The van der Waals surface area contributed by atoms with E-state index in [9.17, 15) is 0 Å². The molecule has 2 heteroatoms. The van der Waals surface area contributed by atoms with E-state index in [1.54, 1.807) is 0 Å². The largest absolute Gasteiger partial charge is 0.380 e. The van der Waals surface area contributed by atoms with Gasteiger partial charge < -0.3 is 4.90 Å². The molecule has 2 aromatic rings. The van der Waals surface area contributed by atoms with Crippen molar-refractivity contribution in [2.45, 2.75) is 5.92 Å². The zero-order valence-electron chi connectivity index (χ0n) is 13.0. The zero-order chi connectivity index (χ0) is 15.4. The number of rotatable bonds is 4. The van der Waals surface area contributed by atoms with Gasteiger partial charge in [-0.1, -0.05) is 54.6 Å². The van der Waals surface area contributed by atoms with E-state index in [0.29, 0.717) is 5.92 Å². The highest BCUT2D eigenvalue weighted by Gasteiger charge is 2.20. The van der Waals surface area contributed by atoms with Gasteiger partial charge in [0.2, 0.25) is 0 Å². The van der Waals surface area contributed by atoms with Crippen LogP contribution in [0.5, 0.6) is 0 Å². The molecular formula is C20H20N2. The van der Waals surface area contributed by atoms with Crippen LogP contribution < -0.4 is 0 Å². The summed E-state index contributed by atoms with van der Waals surface area (Å²) in [7, 11) is 4.18. The van der Waals surface area contributed by atoms with Crippen molar-refractivity contribution in [1.82, 2.24) is 4.90 Å². The summed E-state index contributed by atoms with van der Waals surface area (Å²) in [4.78, 5) is 6.77. The molecule has 0 saturated heterocycles. The minimum absolute atomic E-state index is 0.299. The predicted molar refractivity (Wildman–Crippen MR) is 93.8 cm³/mol. The molecule has 2 aromatic carbocycles. The molecule has 0 fully saturated rings. The Hall–Kier alpha value is -2.61. The molecule has 1 aliphatic carbocycles. The second-order valence-electron chi connectivity index (χ2n) is 5.57. The van der Waals surface area contributed by atoms with Crippen molar-refractivity contribution in [3.05, 3.63) is 89.6 Å². The Labute approximate surface area is 132 Å². The lowest BCUT2D eigenvalue weighted by Gasteiger charge is -2.23. The number of aliphatic imine (C=N–C) groups is 1. The molecule has 1 unspecified atom stereocenters. The molecule has 0 heterocycles. The first-order chi connectivity index (χ1) is 10.8. The van der Waals surface area contributed by atoms with E-state index >= 15 is 0 Å². The van der Waals surface area contributed by atoms with Crippen LogP contribution in [0.25, 0.3) is 0 Å². The topological polar surface area (TPSA) is 15.6 Å². The maximum atomic E-state index is 4.60. The van der Waals surface area contributed by atoms with Crippen LogP contribution in [-0.4, -0.2) is 25.2 Å². The fourth-order valence-electron chi connectivity index (χ4n) is 2.73. The van der Waals surface area contributed by atoms with Crippen LogP contribution in [0.15, 0.2) is 83.5 Å². The Morgan fingerprint density at radius 2 is 1.68 bits per heavy atom. The van der Waals surface area contributed by atoms with Gasteiger partial charge in [0.05, 0.1) is 5.69 Å². The maximum Gasteiger partial charge on any atom is 0.0629 e. The van der Waals surface area contributed by atoms with Crippen LogP contribution in [0.3, 0.4) is 0 Å². The molecule has 110 valence electrons. The summed E-state index contributed by atoms with van der Waals surface area (Å²) in [6.07, 6.45) is 8.51. The third-order valence-corrected chi connectivity index (χ3v) is 3.85. The van der Waals surface area contributed by atoms with E-state index in [1.807, 2.05) is 36.5 Å². The second kappa shape index (κ2) is 6.44. The first kappa shape index (κ1) is 14.3. The molecule has 0 N–H and O–H groups in total. The van der Waals surface area contributed by atoms with Gasteiger partial charge >= 0.3 is 0 Å². The molecule has 0 spiro atoms. The fourth-order valence-corrected chi connectivity index (χ4v) is 2.73. The number of likely N-dealkylation sites (N-methyl/N-ethyl adjacent to an activating group) is 1. The number of hydrogen-bond acceptors (Lipinski definition) is 2. The molecule has 22 heavy (non-hydrogen) atoms. The van der Waals surface area contributed by atoms with Crippen molar-refractivity contribution in [2.75, 3.05) is 14.1 Å². The molecular weight excluding hydrogens is 268 g/mol. The summed E-state index contributed by atoms with van der Waals surface area (Å²) in [6.45, 7) is 0. The van der Waals surface area contributed by atoms with Gasteiger partial charge in [0.25, 0.3) is 0 Å². The first-order valence-corrected chi connectivity index (χ1v) is 7.49. The highest BCUT2D eigenvalue weighted by molar-refractivity contribution is 5.84. The molecule has 2 nitrogen and oxygen atoms in total. The average molecular weight is 288 g/mol. The Balaban J connectivity index is 1.93. The summed E-state index contributed by atoms with van der Waals surface area (Å²) in [5, 5.41) is 0. The molecule has 0 bridgehead atoms. The molecule has 3 rings (SSSR count). The Morgan fingerprint density at radius 3 is 2.45 bits per heavy atom. The number of allylic oxidation sites excluding steroid dienone is 3. The van der Waals surface area contributed by atoms with Gasteiger partial charge in [-0.25, -0.2) is 0 Å². The molecule has 0 saturated carbocycles. The Morgan fingerprint density at radius 1 is 0.955 bits per heavy atom. The monoisotopic (exact) mass is 288 g/mol. The van der Waals surface area contributed by atoms with Gasteiger partial charge in [0, 0.05) is 31.9 Å². The van der Waals surface area contributed by atoms with Crippen molar-refractivity contribution in [3.63, 3.8) is 0 Å². The van der Waals surface area contributed by atoms with Crippen molar-refractivity contribution >= 4 is 11.9 Å². The average Bonchev–Trinajstić information content (AvgIpc) is 3.04. The molecule has 1 atom stereocenters. The number of nitrogens with zero attached hydrogens (tertiary/aromatic N) is 2. The first-order valence-electron chi connectivity index (χ1n) is 7.49. The summed E-state index contributed by atoms with van der Waals surface area (Å²) in [6, 6.07) is 18.5. The summed E-state index contributed by atoms with van der Waals surface area (Å²) >= 11 is 0. The number of para-hydroxylation sites is 1. The van der Waals surface area contributed by atoms with E-state index in [0.717, 1.165) is 11.3 Å². The van der Waals surface area contributed by atoms with Crippen LogP contribution >= 0.6 is 0 Å². The zero-order valence-corrected chi connectivity index (χ0v) is 13.0. The maximum absolute atomic E-state index is 4.60. The van der Waals surface area contributed by atoms with E-state index in [2.05, 4.69) is 66.5 Å². The van der Waals surface area contributed by atoms with Crippen LogP contribution in [0.2, 0.25) is 0 Å². The van der Waals surface area contributed by atoms with Gasteiger partial charge in [0.1, 0.15) is 0 Å². The van der Waals surface area contributed by atoms with Crippen LogP contribution in [-0.2, 0) is 0 Å².